The van der Waals surface area contributed by atoms with E-state index in [1.165, 1.54) is 57.8 Å². The molecule has 0 saturated heterocycles. The van der Waals surface area contributed by atoms with Crippen molar-refractivity contribution in [2.75, 3.05) is 0 Å². The van der Waals surface area contributed by atoms with Crippen LogP contribution < -0.4 is 0 Å². The molecule has 1 nitrogen and oxygen atoms in total. The normalized spacial score (nSPS) is 22.0. The van der Waals surface area contributed by atoms with E-state index in [0.717, 1.165) is 0 Å². The van der Waals surface area contributed by atoms with Crippen LogP contribution in [0.5, 0.6) is 0 Å². The Morgan fingerprint density at radius 3 is 1.88 bits per heavy atom. The summed E-state index contributed by atoms with van der Waals surface area (Å²) in [6.07, 6.45) is 12.5. The molecular weight excluding hydrogens is 206 g/mol. The zero-order valence-electron chi connectivity index (χ0n) is 11.4. The Bertz CT molecular complexity index is 377. The Labute approximate surface area is 105 Å². The summed E-state index contributed by atoms with van der Waals surface area (Å²) in [6.45, 7) is 4.58. The van der Waals surface area contributed by atoms with E-state index in [9.17, 15) is 0 Å². The number of aryl methyl sites for hydroxylation is 2. The summed E-state index contributed by atoms with van der Waals surface area (Å²) in [5, 5.41) is 0. The van der Waals surface area contributed by atoms with Gasteiger partial charge in [-0.15, -0.1) is 0 Å². The molecule has 1 heterocycles. The molecule has 2 aliphatic carbocycles. The molecule has 0 unspecified atom stereocenters. The lowest BCUT2D eigenvalue weighted by molar-refractivity contribution is 0.201. The van der Waals surface area contributed by atoms with E-state index < -0.39 is 0 Å². The van der Waals surface area contributed by atoms with Gasteiger partial charge < -0.3 is 4.98 Å². The summed E-state index contributed by atoms with van der Waals surface area (Å²) in [5.41, 5.74) is 7.18. The maximum atomic E-state index is 3.67. The van der Waals surface area contributed by atoms with E-state index in [2.05, 4.69) is 18.8 Å². The van der Waals surface area contributed by atoms with E-state index in [0.29, 0.717) is 5.41 Å². The number of rotatable bonds is 2. The summed E-state index contributed by atoms with van der Waals surface area (Å²) >= 11 is 0. The van der Waals surface area contributed by atoms with Crippen LogP contribution in [0.2, 0.25) is 0 Å². The summed E-state index contributed by atoms with van der Waals surface area (Å²) in [6, 6.07) is 0. The van der Waals surface area contributed by atoms with Crippen LogP contribution in [0.3, 0.4) is 0 Å². The fraction of sp³-hybridized carbons (Fsp3) is 0.750. The van der Waals surface area contributed by atoms with Gasteiger partial charge in [0.25, 0.3) is 0 Å². The Morgan fingerprint density at radius 2 is 1.41 bits per heavy atom. The van der Waals surface area contributed by atoms with Gasteiger partial charge in [0.05, 0.1) is 0 Å². The third kappa shape index (κ3) is 1.75. The van der Waals surface area contributed by atoms with Crippen molar-refractivity contribution in [2.45, 2.75) is 71.6 Å². The molecule has 0 aromatic carbocycles. The molecule has 17 heavy (non-hydrogen) atoms. The van der Waals surface area contributed by atoms with Gasteiger partial charge in [-0.05, 0) is 55.1 Å². The number of nitrogens with one attached hydrogen (secondary N) is 1. The van der Waals surface area contributed by atoms with Gasteiger partial charge in [0.15, 0.2) is 0 Å². The molecule has 0 amide bonds. The monoisotopic (exact) mass is 231 g/mol. The minimum atomic E-state index is 0.672. The largest absolute Gasteiger partial charge is 0.362 e. The summed E-state index contributed by atoms with van der Waals surface area (Å²) in [7, 11) is 0. The Morgan fingerprint density at radius 1 is 0.882 bits per heavy atom. The molecular formula is C16H25N. The molecule has 0 radical (unpaired) electrons. The second kappa shape index (κ2) is 4.19. The van der Waals surface area contributed by atoms with Crippen LogP contribution in [0.25, 0.3) is 0 Å². The third-order valence-corrected chi connectivity index (χ3v) is 5.12. The van der Waals surface area contributed by atoms with Crippen molar-refractivity contribution in [1.29, 1.82) is 0 Å². The number of aromatic amines is 1. The zero-order valence-corrected chi connectivity index (χ0v) is 11.4. The highest BCUT2D eigenvalue weighted by molar-refractivity contribution is 5.43. The molecule has 0 aliphatic heterocycles. The number of fused-ring (bicyclic) bond motifs is 1. The average molecular weight is 231 g/mol. The molecule has 1 aromatic rings. The molecule has 1 aromatic heterocycles. The average Bonchev–Trinajstić information content (AvgIpc) is 2.85. The van der Waals surface area contributed by atoms with Crippen LogP contribution in [0.4, 0.5) is 0 Å². The highest BCUT2D eigenvalue weighted by atomic mass is 14.8. The molecule has 1 spiro atoms. The second-order valence-electron chi connectivity index (χ2n) is 6.16. The first kappa shape index (κ1) is 11.4. The van der Waals surface area contributed by atoms with Gasteiger partial charge in [0.2, 0.25) is 0 Å². The first-order valence-corrected chi connectivity index (χ1v) is 7.49. The molecule has 3 rings (SSSR count). The molecule has 1 N–H and O–H groups in total. The van der Waals surface area contributed by atoms with Gasteiger partial charge in [0.1, 0.15) is 0 Å². The summed E-state index contributed by atoms with van der Waals surface area (Å²) in [4.78, 5) is 3.67. The smallest absolute Gasteiger partial charge is 0.0182 e. The Balaban J connectivity index is 1.93. The SMILES string of the molecule is CCc1[nH]c(CC)c2c1CC1(CCCCC1)C2. The van der Waals surface area contributed by atoms with Gasteiger partial charge in [-0.2, -0.15) is 0 Å². The van der Waals surface area contributed by atoms with Crippen LogP contribution in [0, 0.1) is 5.41 Å². The Kier molecular flexibility index (Phi) is 2.80. The minimum Gasteiger partial charge on any atom is -0.362 e. The highest BCUT2D eigenvalue weighted by Crippen LogP contribution is 2.49. The predicted octanol–water partition coefficient (Wildman–Crippen LogP) is 4.19. The fourth-order valence-electron chi connectivity index (χ4n) is 4.20. The van der Waals surface area contributed by atoms with Crippen LogP contribution >= 0.6 is 0 Å². The molecule has 2 aliphatic rings. The van der Waals surface area contributed by atoms with Crippen LogP contribution in [-0.4, -0.2) is 4.98 Å². The maximum absolute atomic E-state index is 3.67. The van der Waals surface area contributed by atoms with Gasteiger partial charge in [-0.3, -0.25) is 0 Å². The van der Waals surface area contributed by atoms with Crippen molar-refractivity contribution in [1.82, 2.24) is 4.98 Å². The van der Waals surface area contributed by atoms with E-state index in [4.69, 9.17) is 0 Å². The van der Waals surface area contributed by atoms with Crippen molar-refractivity contribution in [3.8, 4) is 0 Å². The summed E-state index contributed by atoms with van der Waals surface area (Å²) in [5.74, 6) is 0. The van der Waals surface area contributed by atoms with Crippen molar-refractivity contribution in [3.63, 3.8) is 0 Å². The standard InChI is InChI=1S/C16H25N/c1-3-14-12-10-16(8-6-5-7-9-16)11-13(12)15(4-2)17-14/h17H,3-11H2,1-2H3. The molecule has 1 heteroatoms. The lowest BCUT2D eigenvalue weighted by atomic mass is 9.72. The summed E-state index contributed by atoms with van der Waals surface area (Å²) < 4.78 is 0. The van der Waals surface area contributed by atoms with Crippen molar-refractivity contribution >= 4 is 0 Å². The molecule has 0 bridgehead atoms. The maximum Gasteiger partial charge on any atom is 0.0182 e. The van der Waals surface area contributed by atoms with E-state index in [1.54, 1.807) is 22.5 Å². The number of H-pyrrole nitrogens is 1. The Hall–Kier alpha value is -0.720. The van der Waals surface area contributed by atoms with Crippen molar-refractivity contribution in [2.24, 2.45) is 5.41 Å². The zero-order chi connectivity index (χ0) is 11.9. The second-order valence-corrected chi connectivity index (χ2v) is 6.16. The fourth-order valence-corrected chi connectivity index (χ4v) is 4.20. The molecule has 1 saturated carbocycles. The first-order valence-electron chi connectivity index (χ1n) is 7.49. The highest BCUT2D eigenvalue weighted by Gasteiger charge is 2.40. The quantitative estimate of drug-likeness (QED) is 0.785. The topological polar surface area (TPSA) is 15.8 Å². The third-order valence-electron chi connectivity index (χ3n) is 5.12. The number of hydrogen-bond acceptors (Lipinski definition) is 0. The molecule has 0 atom stereocenters. The van der Waals surface area contributed by atoms with E-state index in [-0.39, 0.29) is 0 Å². The van der Waals surface area contributed by atoms with Crippen molar-refractivity contribution in [3.05, 3.63) is 22.5 Å². The van der Waals surface area contributed by atoms with Crippen molar-refractivity contribution < 1.29 is 0 Å². The lowest BCUT2D eigenvalue weighted by Crippen LogP contribution is -2.25. The number of hydrogen-bond donors (Lipinski definition) is 1. The van der Waals surface area contributed by atoms with E-state index in [1.807, 2.05) is 0 Å². The van der Waals surface area contributed by atoms with Crippen LogP contribution in [0.1, 0.15) is 68.5 Å². The van der Waals surface area contributed by atoms with Gasteiger partial charge in [-0.1, -0.05) is 33.1 Å². The number of aromatic nitrogens is 1. The van der Waals surface area contributed by atoms with E-state index >= 15 is 0 Å². The predicted molar refractivity (Wildman–Crippen MR) is 72.5 cm³/mol. The lowest BCUT2D eigenvalue weighted by Gasteiger charge is -2.33. The molecule has 1 fully saturated rings. The van der Waals surface area contributed by atoms with Crippen LogP contribution in [-0.2, 0) is 25.7 Å². The van der Waals surface area contributed by atoms with Gasteiger partial charge >= 0.3 is 0 Å². The van der Waals surface area contributed by atoms with Gasteiger partial charge in [0, 0.05) is 11.4 Å². The van der Waals surface area contributed by atoms with Gasteiger partial charge in [-0.25, -0.2) is 0 Å². The first-order chi connectivity index (χ1) is 8.28. The van der Waals surface area contributed by atoms with Crippen LogP contribution in [0.15, 0.2) is 0 Å². The minimum absolute atomic E-state index is 0.672. The molecule has 94 valence electrons.